The van der Waals surface area contributed by atoms with E-state index in [2.05, 4.69) is 23.9 Å². The Kier molecular flexibility index (Phi) is 5.97. The quantitative estimate of drug-likeness (QED) is 0.406. The summed E-state index contributed by atoms with van der Waals surface area (Å²) in [5.41, 5.74) is 0. The van der Waals surface area contributed by atoms with Crippen molar-refractivity contribution in [2.24, 2.45) is 11.1 Å². The summed E-state index contributed by atoms with van der Waals surface area (Å²) in [7, 11) is 0. The van der Waals surface area contributed by atoms with E-state index in [1.807, 2.05) is 4.90 Å². The van der Waals surface area contributed by atoms with Crippen LogP contribution in [0.4, 0.5) is 0 Å². The van der Waals surface area contributed by atoms with Crippen LogP contribution in [-0.2, 0) is 9.63 Å². The van der Waals surface area contributed by atoms with Crippen LogP contribution in [0.1, 0.15) is 20.8 Å². The molecule has 0 aromatic heterocycles. The Hall–Kier alpha value is -1.10. The maximum Gasteiger partial charge on any atom is 0.219 e. The molecule has 1 amide bonds. The molecule has 1 saturated heterocycles. The van der Waals surface area contributed by atoms with Crippen LogP contribution in [0.5, 0.6) is 0 Å². The first-order chi connectivity index (χ1) is 8.09. The van der Waals surface area contributed by atoms with Crippen molar-refractivity contribution in [1.29, 1.82) is 0 Å². The van der Waals surface area contributed by atoms with E-state index < -0.39 is 0 Å². The molecule has 1 heterocycles. The van der Waals surface area contributed by atoms with Gasteiger partial charge in [0.25, 0.3) is 0 Å². The number of carbonyl (C=O) groups is 1. The Morgan fingerprint density at radius 2 is 2.00 bits per heavy atom. The third-order valence-electron chi connectivity index (χ3n) is 2.75. The fraction of sp³-hybridized carbons (Fsp3) is 0.833. The number of hydrogen-bond donors (Lipinski definition) is 0. The maximum atomic E-state index is 11.1. The highest BCUT2D eigenvalue weighted by Gasteiger charge is 2.17. The number of piperazine rings is 1. The predicted octanol–water partition coefficient (Wildman–Crippen LogP) is 0.809. The molecule has 1 rings (SSSR count). The van der Waals surface area contributed by atoms with E-state index in [1.54, 1.807) is 13.1 Å². The summed E-state index contributed by atoms with van der Waals surface area (Å²) in [6.07, 6.45) is 1.80. The molecular weight excluding hydrogens is 218 g/mol. The second-order valence-electron chi connectivity index (χ2n) is 4.68. The summed E-state index contributed by atoms with van der Waals surface area (Å²) in [4.78, 5) is 20.5. The van der Waals surface area contributed by atoms with Gasteiger partial charge in [-0.3, -0.25) is 9.69 Å². The van der Waals surface area contributed by atoms with Gasteiger partial charge in [0, 0.05) is 45.9 Å². The molecule has 98 valence electrons. The zero-order valence-electron chi connectivity index (χ0n) is 11.1. The van der Waals surface area contributed by atoms with Crippen LogP contribution in [0.15, 0.2) is 5.16 Å². The summed E-state index contributed by atoms with van der Waals surface area (Å²) in [5.74, 6) is 0.594. The van der Waals surface area contributed by atoms with E-state index in [4.69, 9.17) is 4.84 Å². The van der Waals surface area contributed by atoms with E-state index in [0.29, 0.717) is 12.5 Å². The van der Waals surface area contributed by atoms with Crippen LogP contribution in [0.2, 0.25) is 0 Å². The Morgan fingerprint density at radius 1 is 1.35 bits per heavy atom. The topological polar surface area (TPSA) is 45.1 Å². The highest BCUT2D eigenvalue weighted by atomic mass is 16.6. The van der Waals surface area contributed by atoms with Gasteiger partial charge in [-0.2, -0.15) is 0 Å². The van der Waals surface area contributed by atoms with Crippen LogP contribution >= 0.6 is 0 Å². The van der Waals surface area contributed by atoms with Gasteiger partial charge in [-0.1, -0.05) is 19.0 Å². The summed E-state index contributed by atoms with van der Waals surface area (Å²) in [6.45, 7) is 10.7. The summed E-state index contributed by atoms with van der Waals surface area (Å²) in [5, 5.41) is 3.88. The monoisotopic (exact) mass is 241 g/mol. The molecule has 0 unspecified atom stereocenters. The SMILES string of the molecule is CC(=O)N1CCN(CCO/N=C/C(C)C)CC1. The van der Waals surface area contributed by atoms with Crippen molar-refractivity contribution in [3.8, 4) is 0 Å². The fourth-order valence-electron chi connectivity index (χ4n) is 1.67. The molecule has 5 nitrogen and oxygen atoms in total. The minimum atomic E-state index is 0.169. The van der Waals surface area contributed by atoms with E-state index in [1.165, 1.54) is 0 Å². The minimum Gasteiger partial charge on any atom is -0.395 e. The number of amides is 1. The zero-order chi connectivity index (χ0) is 12.7. The molecule has 5 heteroatoms. The lowest BCUT2D eigenvalue weighted by molar-refractivity contribution is -0.130. The van der Waals surface area contributed by atoms with Gasteiger partial charge in [0.15, 0.2) is 0 Å². The Morgan fingerprint density at radius 3 is 2.53 bits per heavy atom. The molecule has 0 saturated carbocycles. The van der Waals surface area contributed by atoms with Crippen LogP contribution < -0.4 is 0 Å². The van der Waals surface area contributed by atoms with Crippen LogP contribution in [0.25, 0.3) is 0 Å². The molecule has 1 aliphatic heterocycles. The number of oxime groups is 1. The second kappa shape index (κ2) is 7.27. The standard InChI is InChI=1S/C12H23N3O2/c1-11(2)10-13-17-9-8-14-4-6-15(7-5-14)12(3)16/h10-11H,4-9H2,1-3H3/b13-10+. The highest BCUT2D eigenvalue weighted by Crippen LogP contribution is 2.01. The molecule has 1 fully saturated rings. The zero-order valence-corrected chi connectivity index (χ0v) is 11.1. The Labute approximate surface area is 103 Å². The third kappa shape index (κ3) is 5.68. The molecular formula is C12H23N3O2. The predicted molar refractivity (Wildman–Crippen MR) is 68.0 cm³/mol. The van der Waals surface area contributed by atoms with Gasteiger partial charge in [-0.05, 0) is 5.92 Å². The van der Waals surface area contributed by atoms with Gasteiger partial charge in [-0.25, -0.2) is 0 Å². The Bertz CT molecular complexity index is 258. The minimum absolute atomic E-state index is 0.169. The van der Waals surface area contributed by atoms with Gasteiger partial charge in [0.2, 0.25) is 5.91 Å². The third-order valence-corrected chi connectivity index (χ3v) is 2.75. The molecule has 0 spiro atoms. The maximum absolute atomic E-state index is 11.1. The number of hydrogen-bond acceptors (Lipinski definition) is 4. The van der Waals surface area contributed by atoms with Crippen molar-refractivity contribution >= 4 is 12.1 Å². The van der Waals surface area contributed by atoms with E-state index >= 15 is 0 Å². The van der Waals surface area contributed by atoms with Crippen molar-refractivity contribution in [1.82, 2.24) is 9.80 Å². The lowest BCUT2D eigenvalue weighted by Crippen LogP contribution is -2.48. The van der Waals surface area contributed by atoms with Crippen LogP contribution in [0.3, 0.4) is 0 Å². The first-order valence-corrected chi connectivity index (χ1v) is 6.23. The van der Waals surface area contributed by atoms with Crippen molar-refractivity contribution in [2.45, 2.75) is 20.8 Å². The van der Waals surface area contributed by atoms with E-state index in [9.17, 15) is 4.79 Å². The number of rotatable bonds is 5. The van der Waals surface area contributed by atoms with E-state index in [0.717, 1.165) is 32.7 Å². The van der Waals surface area contributed by atoms with Gasteiger partial charge in [0.05, 0.1) is 0 Å². The molecule has 1 aliphatic rings. The smallest absolute Gasteiger partial charge is 0.219 e. The first-order valence-electron chi connectivity index (χ1n) is 6.23. The van der Waals surface area contributed by atoms with Crippen molar-refractivity contribution < 1.29 is 9.63 Å². The van der Waals surface area contributed by atoms with Crippen molar-refractivity contribution in [3.05, 3.63) is 0 Å². The van der Waals surface area contributed by atoms with Crippen molar-refractivity contribution in [3.63, 3.8) is 0 Å². The second-order valence-corrected chi connectivity index (χ2v) is 4.68. The first kappa shape index (κ1) is 14.0. The van der Waals surface area contributed by atoms with E-state index in [-0.39, 0.29) is 5.91 Å². The molecule has 0 aliphatic carbocycles. The van der Waals surface area contributed by atoms with Crippen LogP contribution in [0, 0.1) is 5.92 Å². The lowest BCUT2D eigenvalue weighted by atomic mass is 10.3. The molecule has 0 bridgehead atoms. The molecule has 0 atom stereocenters. The van der Waals surface area contributed by atoms with Crippen molar-refractivity contribution in [2.75, 3.05) is 39.3 Å². The van der Waals surface area contributed by atoms with Gasteiger partial charge < -0.3 is 9.74 Å². The highest BCUT2D eigenvalue weighted by molar-refractivity contribution is 5.73. The average Bonchev–Trinajstić information content (AvgIpc) is 2.29. The van der Waals surface area contributed by atoms with Gasteiger partial charge in [-0.15, -0.1) is 0 Å². The lowest BCUT2D eigenvalue weighted by Gasteiger charge is -2.33. The molecule has 0 radical (unpaired) electrons. The molecule has 0 aromatic carbocycles. The number of carbonyl (C=O) groups excluding carboxylic acids is 1. The largest absolute Gasteiger partial charge is 0.395 e. The Balaban J connectivity index is 2.08. The average molecular weight is 241 g/mol. The van der Waals surface area contributed by atoms with Crippen LogP contribution in [-0.4, -0.2) is 61.3 Å². The fourth-order valence-corrected chi connectivity index (χ4v) is 1.67. The summed E-state index contributed by atoms with van der Waals surface area (Å²) < 4.78 is 0. The summed E-state index contributed by atoms with van der Waals surface area (Å²) >= 11 is 0. The molecule has 17 heavy (non-hydrogen) atoms. The normalized spacial score (nSPS) is 18.0. The van der Waals surface area contributed by atoms with Gasteiger partial charge >= 0.3 is 0 Å². The molecule has 0 aromatic rings. The summed E-state index contributed by atoms with van der Waals surface area (Å²) in [6, 6.07) is 0. The molecule has 0 N–H and O–H groups in total. The van der Waals surface area contributed by atoms with Gasteiger partial charge in [0.1, 0.15) is 6.61 Å². The number of nitrogens with zero attached hydrogens (tertiary/aromatic N) is 3.